The van der Waals surface area contributed by atoms with Crippen molar-refractivity contribution in [3.8, 4) is 0 Å². The molecular weight excluding hydrogens is 372 g/mol. The topological polar surface area (TPSA) is 32.3 Å². The molecule has 1 amide bonds. The van der Waals surface area contributed by atoms with Crippen LogP contribution in [0.25, 0.3) is 0 Å². The molecule has 2 aliphatic heterocycles. The number of hydrogen-bond donors (Lipinski definition) is 1. The van der Waals surface area contributed by atoms with Gasteiger partial charge in [-0.2, -0.15) is 13.2 Å². The Hall–Kier alpha value is -2.41. The minimum Gasteiger partial charge on any atom is -0.348 e. The SMILES string of the molecule is O=C1NCc2cc([C@H]3CCCN(Cc4cc(F)cc(C(F)(F)F)c4)C3)ccc21. The van der Waals surface area contributed by atoms with Crippen LogP contribution in [0.2, 0.25) is 0 Å². The van der Waals surface area contributed by atoms with Crippen molar-refractivity contribution in [3.63, 3.8) is 0 Å². The first-order valence-electron chi connectivity index (χ1n) is 9.29. The van der Waals surface area contributed by atoms with Gasteiger partial charge in [0, 0.05) is 25.2 Å². The molecule has 4 rings (SSSR count). The molecule has 0 spiro atoms. The van der Waals surface area contributed by atoms with E-state index in [1.165, 1.54) is 6.07 Å². The Kier molecular flexibility index (Phi) is 4.87. The summed E-state index contributed by atoms with van der Waals surface area (Å²) >= 11 is 0. The molecule has 2 aromatic rings. The van der Waals surface area contributed by atoms with Gasteiger partial charge in [-0.1, -0.05) is 12.1 Å². The summed E-state index contributed by atoms with van der Waals surface area (Å²) in [5.74, 6) is -0.682. The van der Waals surface area contributed by atoms with E-state index in [2.05, 4.69) is 10.2 Å². The number of amides is 1. The Bertz CT molecular complexity index is 910. The molecule has 1 saturated heterocycles. The molecule has 2 aromatic carbocycles. The largest absolute Gasteiger partial charge is 0.416 e. The van der Waals surface area contributed by atoms with Gasteiger partial charge in [-0.25, -0.2) is 4.39 Å². The van der Waals surface area contributed by atoms with E-state index in [9.17, 15) is 22.4 Å². The van der Waals surface area contributed by atoms with Crippen molar-refractivity contribution in [1.82, 2.24) is 10.2 Å². The van der Waals surface area contributed by atoms with E-state index >= 15 is 0 Å². The van der Waals surface area contributed by atoms with Crippen LogP contribution in [-0.2, 0) is 19.3 Å². The second-order valence-corrected chi connectivity index (χ2v) is 7.52. The summed E-state index contributed by atoms with van der Waals surface area (Å²) in [6.45, 7) is 2.27. The summed E-state index contributed by atoms with van der Waals surface area (Å²) in [7, 11) is 0. The molecule has 148 valence electrons. The molecule has 7 heteroatoms. The Morgan fingerprint density at radius 2 is 1.96 bits per heavy atom. The molecule has 0 aromatic heterocycles. The smallest absolute Gasteiger partial charge is 0.348 e. The maximum absolute atomic E-state index is 13.7. The number of carbonyl (C=O) groups is 1. The monoisotopic (exact) mass is 392 g/mol. The summed E-state index contributed by atoms with van der Waals surface area (Å²) < 4.78 is 52.5. The van der Waals surface area contributed by atoms with Crippen LogP contribution >= 0.6 is 0 Å². The van der Waals surface area contributed by atoms with Crippen LogP contribution < -0.4 is 5.32 Å². The molecule has 2 heterocycles. The Balaban J connectivity index is 1.49. The zero-order valence-electron chi connectivity index (χ0n) is 15.2. The summed E-state index contributed by atoms with van der Waals surface area (Å²) in [5.41, 5.74) is 2.20. The second-order valence-electron chi connectivity index (χ2n) is 7.52. The fourth-order valence-electron chi connectivity index (χ4n) is 4.14. The van der Waals surface area contributed by atoms with Gasteiger partial charge in [0.05, 0.1) is 5.56 Å². The lowest BCUT2D eigenvalue weighted by Crippen LogP contribution is -2.34. The molecule has 28 heavy (non-hydrogen) atoms. The molecular formula is C21H20F4N2O. The van der Waals surface area contributed by atoms with Crippen LogP contribution in [0.15, 0.2) is 36.4 Å². The number of halogens is 4. The van der Waals surface area contributed by atoms with Crippen LogP contribution in [0.3, 0.4) is 0 Å². The maximum atomic E-state index is 13.7. The van der Waals surface area contributed by atoms with Gasteiger partial charge in [0.2, 0.25) is 0 Å². The van der Waals surface area contributed by atoms with E-state index in [0.29, 0.717) is 30.3 Å². The highest BCUT2D eigenvalue weighted by Gasteiger charge is 2.32. The van der Waals surface area contributed by atoms with E-state index in [1.807, 2.05) is 18.2 Å². The van der Waals surface area contributed by atoms with Crippen LogP contribution in [0, 0.1) is 5.82 Å². The predicted octanol–water partition coefficient (Wildman–Crippen LogP) is 4.47. The minimum absolute atomic E-state index is 0.0570. The average Bonchev–Trinajstić information content (AvgIpc) is 3.01. The number of alkyl halides is 3. The molecule has 0 bridgehead atoms. The number of nitrogens with one attached hydrogen (secondary N) is 1. The predicted molar refractivity (Wildman–Crippen MR) is 96.3 cm³/mol. The molecule has 3 nitrogen and oxygen atoms in total. The Morgan fingerprint density at radius 1 is 1.14 bits per heavy atom. The van der Waals surface area contributed by atoms with Crippen molar-refractivity contribution in [2.45, 2.75) is 38.0 Å². The van der Waals surface area contributed by atoms with Crippen LogP contribution in [0.5, 0.6) is 0 Å². The normalized spacial score (nSPS) is 20.1. The minimum atomic E-state index is -4.56. The molecule has 0 aliphatic carbocycles. The fourth-order valence-corrected chi connectivity index (χ4v) is 4.14. The van der Waals surface area contributed by atoms with Crippen molar-refractivity contribution >= 4 is 5.91 Å². The Morgan fingerprint density at radius 3 is 2.75 bits per heavy atom. The third kappa shape index (κ3) is 3.90. The van der Waals surface area contributed by atoms with Gasteiger partial charge >= 0.3 is 6.18 Å². The van der Waals surface area contributed by atoms with Gasteiger partial charge in [-0.3, -0.25) is 9.69 Å². The van der Waals surface area contributed by atoms with Gasteiger partial charge in [-0.15, -0.1) is 0 Å². The van der Waals surface area contributed by atoms with E-state index in [-0.39, 0.29) is 18.4 Å². The summed E-state index contributed by atoms with van der Waals surface area (Å²) in [6.07, 6.45) is -2.66. The van der Waals surface area contributed by atoms with Gasteiger partial charge in [0.25, 0.3) is 5.91 Å². The molecule has 2 aliphatic rings. The quantitative estimate of drug-likeness (QED) is 0.782. The molecule has 1 N–H and O–H groups in total. The third-order valence-corrected chi connectivity index (χ3v) is 5.48. The van der Waals surface area contributed by atoms with Gasteiger partial charge in [-0.05, 0) is 66.3 Å². The fraction of sp³-hybridized carbons (Fsp3) is 0.381. The van der Waals surface area contributed by atoms with E-state index in [1.54, 1.807) is 0 Å². The molecule has 0 unspecified atom stereocenters. The standard InChI is InChI=1S/C21H20F4N2O/c22-18-7-13(6-17(9-18)21(23,24)25)11-27-5-1-2-15(12-27)14-3-4-19-16(8-14)10-26-20(19)28/h3-4,6-9,15H,1-2,5,10-12H2,(H,26,28)/t15-/m0/s1. The molecule has 1 fully saturated rings. The molecule has 0 radical (unpaired) electrons. The van der Waals surface area contributed by atoms with E-state index in [4.69, 9.17) is 0 Å². The maximum Gasteiger partial charge on any atom is 0.416 e. The number of nitrogens with zero attached hydrogens (tertiary/aromatic N) is 1. The summed E-state index contributed by atoms with van der Waals surface area (Å²) in [5, 5.41) is 2.80. The number of hydrogen-bond acceptors (Lipinski definition) is 2. The van der Waals surface area contributed by atoms with Gasteiger partial charge in [0.15, 0.2) is 0 Å². The van der Waals surface area contributed by atoms with Crippen LogP contribution in [0.4, 0.5) is 17.6 Å². The first kappa shape index (κ1) is 18.9. The van der Waals surface area contributed by atoms with Crippen molar-refractivity contribution < 1.29 is 22.4 Å². The van der Waals surface area contributed by atoms with E-state index < -0.39 is 17.6 Å². The highest BCUT2D eigenvalue weighted by molar-refractivity contribution is 5.98. The first-order chi connectivity index (χ1) is 13.3. The zero-order valence-corrected chi connectivity index (χ0v) is 15.2. The third-order valence-electron chi connectivity index (χ3n) is 5.48. The Labute approximate surface area is 160 Å². The van der Waals surface area contributed by atoms with Gasteiger partial charge < -0.3 is 5.32 Å². The number of piperidine rings is 1. The summed E-state index contributed by atoms with van der Waals surface area (Å²) in [6, 6.07) is 8.58. The second kappa shape index (κ2) is 7.20. The van der Waals surface area contributed by atoms with Crippen molar-refractivity contribution in [1.29, 1.82) is 0 Å². The zero-order chi connectivity index (χ0) is 19.9. The average molecular weight is 392 g/mol. The van der Waals surface area contributed by atoms with Crippen LogP contribution in [0.1, 0.15) is 51.4 Å². The summed E-state index contributed by atoms with van der Waals surface area (Å²) in [4.78, 5) is 13.8. The van der Waals surface area contributed by atoms with Crippen molar-refractivity contribution in [2.75, 3.05) is 13.1 Å². The van der Waals surface area contributed by atoms with E-state index in [0.717, 1.165) is 36.6 Å². The van der Waals surface area contributed by atoms with Crippen molar-refractivity contribution in [3.05, 3.63) is 70.0 Å². The lowest BCUT2D eigenvalue weighted by molar-refractivity contribution is -0.137. The van der Waals surface area contributed by atoms with Gasteiger partial charge in [0.1, 0.15) is 5.82 Å². The lowest BCUT2D eigenvalue weighted by Gasteiger charge is -2.33. The molecule has 0 saturated carbocycles. The molecule has 1 atom stereocenters. The highest BCUT2D eigenvalue weighted by Crippen LogP contribution is 2.33. The first-order valence-corrected chi connectivity index (χ1v) is 9.29. The number of rotatable bonds is 3. The number of carbonyl (C=O) groups excluding carboxylic acids is 1. The van der Waals surface area contributed by atoms with Crippen LogP contribution in [-0.4, -0.2) is 23.9 Å². The highest BCUT2D eigenvalue weighted by atomic mass is 19.4. The van der Waals surface area contributed by atoms with Crippen molar-refractivity contribution in [2.24, 2.45) is 0 Å². The number of benzene rings is 2. The number of likely N-dealkylation sites (tertiary alicyclic amines) is 1. The lowest BCUT2D eigenvalue weighted by atomic mass is 9.88. The number of fused-ring (bicyclic) bond motifs is 1.